The first-order valence-electron chi connectivity index (χ1n) is 6.61. The van der Waals surface area contributed by atoms with Crippen molar-refractivity contribution in [3.05, 3.63) is 21.4 Å². The molecule has 0 radical (unpaired) electrons. The molecule has 0 atom stereocenters. The van der Waals surface area contributed by atoms with Crippen LogP contribution in [0.1, 0.15) is 52.7 Å². The van der Waals surface area contributed by atoms with Gasteiger partial charge in [-0.2, -0.15) is 0 Å². The molecule has 17 heavy (non-hydrogen) atoms. The number of amides is 1. The first-order valence-corrected chi connectivity index (χ1v) is 7.42. The van der Waals surface area contributed by atoms with Gasteiger partial charge in [0.1, 0.15) is 0 Å². The summed E-state index contributed by atoms with van der Waals surface area (Å²) in [5, 5.41) is 0. The topological polar surface area (TPSA) is 20.3 Å². The maximum Gasteiger partial charge on any atom is 0.263 e. The van der Waals surface area contributed by atoms with E-state index in [4.69, 9.17) is 0 Å². The Labute approximate surface area is 108 Å². The van der Waals surface area contributed by atoms with Crippen LogP contribution in [-0.4, -0.2) is 23.9 Å². The minimum atomic E-state index is 0.250. The first kappa shape index (κ1) is 12.6. The van der Waals surface area contributed by atoms with Crippen LogP contribution in [0, 0.1) is 6.92 Å². The molecule has 0 N–H and O–H groups in total. The SMILES string of the molecule is CCc1cc(C(=O)N2CCCCCC2)sc1C. The van der Waals surface area contributed by atoms with Crippen molar-refractivity contribution in [2.75, 3.05) is 13.1 Å². The molecule has 2 heterocycles. The summed E-state index contributed by atoms with van der Waals surface area (Å²) in [7, 11) is 0. The second kappa shape index (κ2) is 5.67. The van der Waals surface area contributed by atoms with Gasteiger partial charge in [0.2, 0.25) is 0 Å². The summed E-state index contributed by atoms with van der Waals surface area (Å²) in [6.07, 6.45) is 5.89. The van der Waals surface area contributed by atoms with Crippen LogP contribution >= 0.6 is 11.3 Å². The Bertz CT molecular complexity index is 389. The van der Waals surface area contributed by atoms with Crippen molar-refractivity contribution in [2.45, 2.75) is 46.0 Å². The monoisotopic (exact) mass is 251 g/mol. The highest BCUT2D eigenvalue weighted by atomic mass is 32.1. The van der Waals surface area contributed by atoms with Crippen LogP contribution in [0.25, 0.3) is 0 Å². The number of rotatable bonds is 2. The molecule has 1 aliphatic heterocycles. The van der Waals surface area contributed by atoms with E-state index in [1.165, 1.54) is 23.3 Å². The smallest absolute Gasteiger partial charge is 0.263 e. The first-order chi connectivity index (χ1) is 8.22. The molecule has 1 aromatic rings. The van der Waals surface area contributed by atoms with Gasteiger partial charge in [-0.25, -0.2) is 0 Å². The quantitative estimate of drug-likeness (QED) is 0.786. The highest BCUT2D eigenvalue weighted by Crippen LogP contribution is 2.24. The standard InChI is InChI=1S/C14H21NOS/c1-3-12-10-13(17-11(12)2)14(16)15-8-6-4-5-7-9-15/h10H,3-9H2,1-2H3. The molecule has 0 aliphatic carbocycles. The van der Waals surface area contributed by atoms with Gasteiger partial charge in [0.25, 0.3) is 5.91 Å². The molecule has 2 rings (SSSR count). The maximum absolute atomic E-state index is 12.4. The second-order valence-corrected chi connectivity index (χ2v) is 6.01. The fraction of sp³-hybridized carbons (Fsp3) is 0.643. The zero-order valence-corrected chi connectivity index (χ0v) is 11.6. The van der Waals surface area contributed by atoms with E-state index in [1.807, 2.05) is 4.90 Å². The van der Waals surface area contributed by atoms with Gasteiger partial charge in [-0.15, -0.1) is 11.3 Å². The molecule has 0 aromatic carbocycles. The second-order valence-electron chi connectivity index (χ2n) is 4.75. The molecule has 0 unspecified atom stereocenters. The third kappa shape index (κ3) is 2.89. The summed E-state index contributed by atoms with van der Waals surface area (Å²) in [6.45, 7) is 6.15. The molecule has 0 saturated carbocycles. The van der Waals surface area contributed by atoms with Gasteiger partial charge in [-0.1, -0.05) is 19.8 Å². The van der Waals surface area contributed by atoms with E-state index in [-0.39, 0.29) is 5.91 Å². The van der Waals surface area contributed by atoms with Crippen molar-refractivity contribution in [1.29, 1.82) is 0 Å². The number of thiophene rings is 1. The fourth-order valence-electron chi connectivity index (χ4n) is 2.41. The van der Waals surface area contributed by atoms with Crippen molar-refractivity contribution in [3.8, 4) is 0 Å². The van der Waals surface area contributed by atoms with E-state index >= 15 is 0 Å². The molecule has 0 spiro atoms. The number of likely N-dealkylation sites (tertiary alicyclic amines) is 1. The number of nitrogens with zero attached hydrogens (tertiary/aromatic N) is 1. The summed E-state index contributed by atoms with van der Waals surface area (Å²) in [5.74, 6) is 0.250. The van der Waals surface area contributed by atoms with E-state index in [0.29, 0.717) is 0 Å². The van der Waals surface area contributed by atoms with Gasteiger partial charge in [-0.05, 0) is 37.8 Å². The Morgan fingerprint density at radius 3 is 2.47 bits per heavy atom. The minimum Gasteiger partial charge on any atom is -0.338 e. The molecule has 1 saturated heterocycles. The molecule has 1 aliphatic rings. The predicted molar refractivity (Wildman–Crippen MR) is 72.8 cm³/mol. The summed E-state index contributed by atoms with van der Waals surface area (Å²) < 4.78 is 0. The van der Waals surface area contributed by atoms with Gasteiger partial charge < -0.3 is 4.90 Å². The van der Waals surface area contributed by atoms with E-state index in [1.54, 1.807) is 11.3 Å². The summed E-state index contributed by atoms with van der Waals surface area (Å²) in [5.41, 5.74) is 1.33. The van der Waals surface area contributed by atoms with Crippen molar-refractivity contribution in [2.24, 2.45) is 0 Å². The van der Waals surface area contributed by atoms with Crippen LogP contribution in [0.4, 0.5) is 0 Å². The third-order valence-electron chi connectivity index (χ3n) is 3.51. The van der Waals surface area contributed by atoms with Gasteiger partial charge >= 0.3 is 0 Å². The van der Waals surface area contributed by atoms with Crippen LogP contribution in [-0.2, 0) is 6.42 Å². The molecule has 94 valence electrons. The zero-order chi connectivity index (χ0) is 12.3. The number of carbonyl (C=O) groups excluding carboxylic acids is 1. The number of hydrogen-bond acceptors (Lipinski definition) is 2. The Balaban J connectivity index is 2.11. The van der Waals surface area contributed by atoms with Crippen molar-refractivity contribution < 1.29 is 4.79 Å². The van der Waals surface area contributed by atoms with E-state index in [2.05, 4.69) is 19.9 Å². The van der Waals surface area contributed by atoms with Crippen molar-refractivity contribution in [1.82, 2.24) is 4.90 Å². The number of carbonyl (C=O) groups is 1. The van der Waals surface area contributed by atoms with Crippen molar-refractivity contribution in [3.63, 3.8) is 0 Å². The van der Waals surface area contributed by atoms with E-state index in [0.717, 1.165) is 37.2 Å². The summed E-state index contributed by atoms with van der Waals surface area (Å²) >= 11 is 1.66. The third-order valence-corrected chi connectivity index (χ3v) is 4.59. The molecular formula is C14H21NOS. The highest BCUT2D eigenvalue weighted by molar-refractivity contribution is 7.14. The Hall–Kier alpha value is -0.830. The largest absolute Gasteiger partial charge is 0.338 e. The van der Waals surface area contributed by atoms with Gasteiger partial charge in [0.15, 0.2) is 0 Å². The Kier molecular flexibility index (Phi) is 4.21. The van der Waals surface area contributed by atoms with Crippen LogP contribution in [0.3, 0.4) is 0 Å². The lowest BCUT2D eigenvalue weighted by molar-refractivity contribution is 0.0766. The van der Waals surface area contributed by atoms with Gasteiger partial charge in [-0.3, -0.25) is 4.79 Å². The molecule has 3 heteroatoms. The van der Waals surface area contributed by atoms with Crippen LogP contribution < -0.4 is 0 Å². The van der Waals surface area contributed by atoms with E-state index < -0.39 is 0 Å². The van der Waals surface area contributed by atoms with Crippen LogP contribution in [0.15, 0.2) is 6.07 Å². The van der Waals surface area contributed by atoms with E-state index in [9.17, 15) is 4.79 Å². The molecule has 1 fully saturated rings. The van der Waals surface area contributed by atoms with Crippen molar-refractivity contribution >= 4 is 17.2 Å². The molecule has 1 amide bonds. The lowest BCUT2D eigenvalue weighted by Gasteiger charge is -2.19. The molecule has 1 aromatic heterocycles. The molecule has 0 bridgehead atoms. The average molecular weight is 251 g/mol. The highest BCUT2D eigenvalue weighted by Gasteiger charge is 2.19. The van der Waals surface area contributed by atoms with Crippen LogP contribution in [0.5, 0.6) is 0 Å². The summed E-state index contributed by atoms with van der Waals surface area (Å²) in [4.78, 5) is 16.6. The van der Waals surface area contributed by atoms with Gasteiger partial charge in [0.05, 0.1) is 4.88 Å². The Morgan fingerprint density at radius 1 is 1.29 bits per heavy atom. The predicted octanol–water partition coefficient (Wildman–Crippen LogP) is 3.64. The molecular weight excluding hydrogens is 230 g/mol. The lowest BCUT2D eigenvalue weighted by atomic mass is 10.2. The molecule has 2 nitrogen and oxygen atoms in total. The average Bonchev–Trinajstić information content (AvgIpc) is 2.56. The minimum absolute atomic E-state index is 0.250. The fourth-order valence-corrected chi connectivity index (χ4v) is 3.49. The number of aryl methyl sites for hydroxylation is 2. The normalized spacial score (nSPS) is 16.9. The summed E-state index contributed by atoms with van der Waals surface area (Å²) in [6, 6.07) is 2.09. The van der Waals surface area contributed by atoms with Gasteiger partial charge in [0, 0.05) is 18.0 Å². The maximum atomic E-state index is 12.4. The van der Waals surface area contributed by atoms with Crippen LogP contribution in [0.2, 0.25) is 0 Å². The zero-order valence-electron chi connectivity index (χ0n) is 10.8. The number of hydrogen-bond donors (Lipinski definition) is 0. The lowest BCUT2D eigenvalue weighted by Crippen LogP contribution is -2.31. The Morgan fingerprint density at radius 2 is 1.94 bits per heavy atom.